The minimum Gasteiger partial charge on any atom is -0.452 e. The quantitative estimate of drug-likeness (QED) is 0.217. The smallest absolute Gasteiger partial charge is 0.179 e. The average Bonchev–Trinajstić information content (AvgIpc) is 3.56. The van der Waals surface area contributed by atoms with E-state index in [1.807, 2.05) is 12.1 Å². The fraction of sp³-hybridized carbons (Fsp3) is 0. The number of furan rings is 2. The Balaban J connectivity index is 1.35. The van der Waals surface area contributed by atoms with Gasteiger partial charge in [-0.15, -0.1) is 0 Å². The molecule has 2 nitrogen and oxygen atoms in total. The second-order valence-electron chi connectivity index (χ2n) is 10.1. The van der Waals surface area contributed by atoms with Crippen LogP contribution in [-0.2, 0) is 0 Å². The first kappa shape index (κ1) is 20.0. The van der Waals surface area contributed by atoms with Gasteiger partial charge < -0.3 is 8.83 Å². The lowest BCUT2D eigenvalue weighted by molar-refractivity contribution is 0.633. The van der Waals surface area contributed by atoms with Gasteiger partial charge in [0.2, 0.25) is 0 Å². The Morgan fingerprint density at radius 1 is 0.342 bits per heavy atom. The molecule has 0 radical (unpaired) electrons. The third-order valence-corrected chi connectivity index (χ3v) is 8.03. The molecule has 9 rings (SSSR count). The molecule has 0 bridgehead atoms. The fourth-order valence-corrected chi connectivity index (χ4v) is 6.29. The van der Waals surface area contributed by atoms with E-state index in [-0.39, 0.29) is 0 Å². The molecule has 0 unspecified atom stereocenters. The van der Waals surface area contributed by atoms with Gasteiger partial charge in [-0.05, 0) is 67.7 Å². The van der Waals surface area contributed by atoms with Gasteiger partial charge in [0.05, 0.1) is 0 Å². The van der Waals surface area contributed by atoms with Crippen molar-refractivity contribution in [2.24, 2.45) is 0 Å². The Morgan fingerprint density at radius 3 is 1.71 bits per heavy atom. The minimum absolute atomic E-state index is 0.812. The van der Waals surface area contributed by atoms with Crippen molar-refractivity contribution in [2.45, 2.75) is 0 Å². The highest BCUT2D eigenvalue weighted by Gasteiger charge is 2.20. The Hall–Kier alpha value is -5.08. The predicted octanol–water partition coefficient (Wildman–Crippen LogP) is 10.6. The third-order valence-electron chi connectivity index (χ3n) is 8.03. The summed E-state index contributed by atoms with van der Waals surface area (Å²) >= 11 is 0. The highest BCUT2D eigenvalue weighted by atomic mass is 16.4. The van der Waals surface area contributed by atoms with Crippen molar-refractivity contribution < 1.29 is 8.83 Å². The molecule has 9 aromatic rings. The van der Waals surface area contributed by atoms with E-state index in [4.69, 9.17) is 8.83 Å². The van der Waals surface area contributed by atoms with Crippen molar-refractivity contribution >= 4 is 76.2 Å². The van der Waals surface area contributed by atoms with Crippen LogP contribution in [0.2, 0.25) is 0 Å². The number of hydrogen-bond acceptors (Lipinski definition) is 2. The summed E-state index contributed by atoms with van der Waals surface area (Å²) in [6, 6.07) is 43.1. The van der Waals surface area contributed by atoms with E-state index in [9.17, 15) is 0 Å². The van der Waals surface area contributed by atoms with E-state index in [1.54, 1.807) is 0 Å². The van der Waals surface area contributed by atoms with E-state index >= 15 is 0 Å². The van der Waals surface area contributed by atoms with E-state index in [0.717, 1.165) is 43.9 Å². The fourth-order valence-electron chi connectivity index (χ4n) is 6.29. The van der Waals surface area contributed by atoms with Crippen LogP contribution in [0.1, 0.15) is 0 Å². The van der Waals surface area contributed by atoms with Crippen LogP contribution in [0.4, 0.5) is 0 Å². The van der Waals surface area contributed by atoms with E-state index < -0.39 is 0 Å². The van der Waals surface area contributed by atoms with Crippen molar-refractivity contribution in [3.05, 3.63) is 121 Å². The average molecular weight is 485 g/mol. The highest BCUT2D eigenvalue weighted by Crippen LogP contribution is 2.45. The zero-order chi connectivity index (χ0) is 24.8. The molecule has 2 heterocycles. The molecule has 176 valence electrons. The van der Waals surface area contributed by atoms with Crippen LogP contribution in [-0.4, -0.2) is 0 Å². The number of para-hydroxylation sites is 1. The largest absolute Gasteiger partial charge is 0.452 e. The molecule has 2 heteroatoms. The zero-order valence-electron chi connectivity index (χ0n) is 20.4. The standard InChI is InChI=1S/C36H20O2/c1-2-8-25-21(7-1)13-14-24-19-22(15-17-26(24)25)23-16-18-32-30(20-23)34-28-10-4-3-9-27(28)33-29-11-5-6-12-31(29)37-35(33)36(34)38-32/h1-20H. The first-order valence-electron chi connectivity index (χ1n) is 12.9. The van der Waals surface area contributed by atoms with Crippen LogP contribution < -0.4 is 0 Å². The van der Waals surface area contributed by atoms with Gasteiger partial charge in [-0.25, -0.2) is 0 Å². The highest BCUT2D eigenvalue weighted by molar-refractivity contribution is 6.33. The molecule has 0 saturated heterocycles. The van der Waals surface area contributed by atoms with Gasteiger partial charge >= 0.3 is 0 Å². The Bertz CT molecular complexity index is 2400. The lowest BCUT2D eigenvalue weighted by atomic mass is 9.95. The van der Waals surface area contributed by atoms with Gasteiger partial charge in [0, 0.05) is 21.5 Å². The van der Waals surface area contributed by atoms with Crippen molar-refractivity contribution in [3.8, 4) is 11.1 Å². The summed E-state index contributed by atoms with van der Waals surface area (Å²) in [5.74, 6) is 0. The molecule has 0 N–H and O–H groups in total. The van der Waals surface area contributed by atoms with E-state index in [0.29, 0.717) is 0 Å². The van der Waals surface area contributed by atoms with Crippen LogP contribution >= 0.6 is 0 Å². The molecule has 0 aliphatic carbocycles. The molecule has 0 amide bonds. The molecule has 7 aromatic carbocycles. The first-order valence-corrected chi connectivity index (χ1v) is 12.9. The molecular weight excluding hydrogens is 464 g/mol. The number of fused-ring (bicyclic) bond motifs is 13. The summed E-state index contributed by atoms with van der Waals surface area (Å²) in [7, 11) is 0. The summed E-state index contributed by atoms with van der Waals surface area (Å²) in [4.78, 5) is 0. The third kappa shape index (κ3) is 2.61. The molecule has 0 aliphatic rings. The summed E-state index contributed by atoms with van der Waals surface area (Å²) in [6.07, 6.45) is 0. The Kier molecular flexibility index (Phi) is 3.82. The van der Waals surface area contributed by atoms with Crippen LogP contribution in [0.3, 0.4) is 0 Å². The van der Waals surface area contributed by atoms with E-state index in [1.165, 1.54) is 43.4 Å². The summed E-state index contributed by atoms with van der Waals surface area (Å²) in [5.41, 5.74) is 5.74. The number of hydrogen-bond donors (Lipinski definition) is 0. The number of rotatable bonds is 1. The van der Waals surface area contributed by atoms with Crippen molar-refractivity contribution in [2.75, 3.05) is 0 Å². The maximum Gasteiger partial charge on any atom is 0.179 e. The second-order valence-corrected chi connectivity index (χ2v) is 10.1. The van der Waals surface area contributed by atoms with E-state index in [2.05, 4.69) is 109 Å². The monoisotopic (exact) mass is 484 g/mol. The van der Waals surface area contributed by atoms with Crippen LogP contribution in [0, 0.1) is 0 Å². The van der Waals surface area contributed by atoms with Gasteiger partial charge in [-0.2, -0.15) is 0 Å². The van der Waals surface area contributed by atoms with Gasteiger partial charge in [0.25, 0.3) is 0 Å². The normalized spacial score (nSPS) is 12.2. The predicted molar refractivity (Wildman–Crippen MR) is 159 cm³/mol. The maximum atomic E-state index is 6.52. The maximum absolute atomic E-state index is 6.52. The van der Waals surface area contributed by atoms with Crippen LogP contribution in [0.5, 0.6) is 0 Å². The number of benzene rings is 7. The van der Waals surface area contributed by atoms with Crippen molar-refractivity contribution in [1.82, 2.24) is 0 Å². The van der Waals surface area contributed by atoms with Gasteiger partial charge in [0.15, 0.2) is 11.2 Å². The Morgan fingerprint density at radius 2 is 0.895 bits per heavy atom. The molecule has 0 aliphatic heterocycles. The molecular formula is C36H20O2. The second kappa shape index (κ2) is 7.24. The summed E-state index contributed by atoms with van der Waals surface area (Å²) in [6.45, 7) is 0. The van der Waals surface area contributed by atoms with Crippen molar-refractivity contribution in [1.29, 1.82) is 0 Å². The molecule has 0 atom stereocenters. The van der Waals surface area contributed by atoms with Crippen LogP contribution in [0.15, 0.2) is 130 Å². The van der Waals surface area contributed by atoms with Gasteiger partial charge in [0.1, 0.15) is 11.2 Å². The first-order chi connectivity index (χ1) is 18.8. The molecule has 0 fully saturated rings. The minimum atomic E-state index is 0.812. The topological polar surface area (TPSA) is 26.3 Å². The van der Waals surface area contributed by atoms with Crippen LogP contribution in [0.25, 0.3) is 87.3 Å². The van der Waals surface area contributed by atoms with Crippen molar-refractivity contribution in [3.63, 3.8) is 0 Å². The summed E-state index contributed by atoms with van der Waals surface area (Å²) < 4.78 is 12.9. The van der Waals surface area contributed by atoms with Gasteiger partial charge in [-0.3, -0.25) is 0 Å². The lowest BCUT2D eigenvalue weighted by Gasteiger charge is -2.08. The lowest BCUT2D eigenvalue weighted by Crippen LogP contribution is -1.82. The molecule has 38 heavy (non-hydrogen) atoms. The molecule has 0 spiro atoms. The molecule has 2 aromatic heterocycles. The Labute approximate surface area is 217 Å². The summed E-state index contributed by atoms with van der Waals surface area (Å²) in [5, 5.41) is 11.9. The van der Waals surface area contributed by atoms with Gasteiger partial charge in [-0.1, -0.05) is 97.1 Å². The molecule has 0 saturated carbocycles. The SMILES string of the molecule is c1ccc2c(c1)ccc1cc(-c3ccc4oc5c6oc7ccccc7c6c6ccccc6c5c4c3)ccc12. The zero-order valence-corrected chi connectivity index (χ0v) is 20.4.